The van der Waals surface area contributed by atoms with Gasteiger partial charge in [0.2, 0.25) is 5.88 Å². The van der Waals surface area contributed by atoms with E-state index in [0.29, 0.717) is 24.9 Å². The first kappa shape index (κ1) is 24.0. The van der Waals surface area contributed by atoms with Crippen molar-refractivity contribution in [3.63, 3.8) is 0 Å². The van der Waals surface area contributed by atoms with E-state index in [2.05, 4.69) is 10.8 Å². The lowest BCUT2D eigenvalue weighted by Gasteiger charge is -2.25. The second kappa shape index (κ2) is 11.3. The van der Waals surface area contributed by atoms with Crippen molar-refractivity contribution >= 4 is 0 Å². The number of ether oxygens (including phenoxy) is 2. The van der Waals surface area contributed by atoms with Gasteiger partial charge in [-0.1, -0.05) is 48.4 Å². The maximum atomic E-state index is 14.4. The Hall–Kier alpha value is -3.18. The predicted octanol–water partition coefficient (Wildman–Crippen LogP) is 4.24. The lowest BCUT2D eigenvalue weighted by atomic mass is 10.1. The fourth-order valence-corrected chi connectivity index (χ4v) is 3.98. The summed E-state index contributed by atoms with van der Waals surface area (Å²) in [6.07, 6.45) is 6.92. The largest absolute Gasteiger partial charge is 0.436 e. The standard InChI is InChI=1S/C27H30FN3O3/c1-3-15-33-19-22(32)17-31(16-20-13-14-20)18-23-26(21-9-5-4-6-10-21)29-30(2)27(23)34-25-12-8-7-11-24(25)28/h1,4-12,20,22,32H,13-19H2,2H3. The third-order valence-corrected chi connectivity index (χ3v) is 5.74. The van der Waals surface area contributed by atoms with Crippen LogP contribution in [0.15, 0.2) is 54.6 Å². The van der Waals surface area contributed by atoms with E-state index in [1.165, 1.54) is 18.9 Å². The van der Waals surface area contributed by atoms with Crippen LogP contribution < -0.4 is 4.74 Å². The number of aryl methyl sites for hydroxylation is 1. The van der Waals surface area contributed by atoms with Gasteiger partial charge >= 0.3 is 0 Å². The van der Waals surface area contributed by atoms with Crippen molar-refractivity contribution in [1.82, 2.24) is 14.7 Å². The molecular formula is C27H30FN3O3. The zero-order valence-electron chi connectivity index (χ0n) is 19.4. The molecule has 0 spiro atoms. The number of nitrogens with zero attached hydrogens (tertiary/aromatic N) is 3. The summed E-state index contributed by atoms with van der Waals surface area (Å²) >= 11 is 0. The van der Waals surface area contributed by atoms with Crippen molar-refractivity contribution < 1.29 is 19.0 Å². The van der Waals surface area contributed by atoms with Crippen LogP contribution in [0.5, 0.6) is 11.6 Å². The first-order valence-electron chi connectivity index (χ1n) is 11.5. The monoisotopic (exact) mass is 463 g/mol. The third-order valence-electron chi connectivity index (χ3n) is 5.74. The number of benzene rings is 2. The summed E-state index contributed by atoms with van der Waals surface area (Å²) < 4.78 is 27.5. The number of aliphatic hydroxyl groups is 1. The summed E-state index contributed by atoms with van der Waals surface area (Å²) in [4.78, 5) is 2.19. The summed E-state index contributed by atoms with van der Waals surface area (Å²) in [5.41, 5.74) is 2.56. The van der Waals surface area contributed by atoms with E-state index in [9.17, 15) is 9.50 Å². The summed E-state index contributed by atoms with van der Waals surface area (Å²) in [6, 6.07) is 16.2. The molecule has 1 N–H and O–H groups in total. The second-order valence-electron chi connectivity index (χ2n) is 8.66. The van der Waals surface area contributed by atoms with E-state index < -0.39 is 11.9 Å². The van der Waals surface area contributed by atoms with Crippen molar-refractivity contribution in [1.29, 1.82) is 0 Å². The minimum Gasteiger partial charge on any atom is -0.436 e. The van der Waals surface area contributed by atoms with Crippen LogP contribution in [0, 0.1) is 24.1 Å². The Morgan fingerprint density at radius 3 is 2.65 bits per heavy atom. The molecule has 1 aliphatic rings. The first-order chi connectivity index (χ1) is 16.5. The Bertz CT molecular complexity index is 1120. The molecule has 178 valence electrons. The van der Waals surface area contributed by atoms with Crippen LogP contribution in [-0.4, -0.2) is 52.2 Å². The van der Waals surface area contributed by atoms with Gasteiger partial charge in [-0.2, -0.15) is 5.10 Å². The molecule has 1 aliphatic carbocycles. The van der Waals surface area contributed by atoms with Gasteiger partial charge in [-0.15, -0.1) is 6.42 Å². The molecular weight excluding hydrogens is 433 g/mol. The number of rotatable bonds is 12. The molecule has 0 amide bonds. The molecule has 1 fully saturated rings. The van der Waals surface area contributed by atoms with Gasteiger partial charge in [0.15, 0.2) is 11.6 Å². The summed E-state index contributed by atoms with van der Waals surface area (Å²) in [7, 11) is 1.79. The number of hydrogen-bond acceptors (Lipinski definition) is 5. The van der Waals surface area contributed by atoms with Crippen molar-refractivity contribution in [2.45, 2.75) is 25.5 Å². The SMILES string of the molecule is C#CCOCC(O)CN(Cc1c(-c2ccccc2)nn(C)c1Oc1ccccc1F)CC1CC1. The molecule has 1 atom stereocenters. The molecule has 6 nitrogen and oxygen atoms in total. The predicted molar refractivity (Wildman–Crippen MR) is 129 cm³/mol. The van der Waals surface area contributed by atoms with Gasteiger partial charge in [0, 0.05) is 32.2 Å². The maximum Gasteiger partial charge on any atom is 0.222 e. The molecule has 1 saturated carbocycles. The quantitative estimate of drug-likeness (QED) is 0.322. The normalized spacial score (nSPS) is 14.2. The molecule has 0 radical (unpaired) electrons. The number of hydrogen-bond donors (Lipinski definition) is 1. The highest BCUT2D eigenvalue weighted by Gasteiger charge is 2.28. The van der Waals surface area contributed by atoms with E-state index in [4.69, 9.17) is 21.0 Å². The fourth-order valence-electron chi connectivity index (χ4n) is 3.98. The van der Waals surface area contributed by atoms with Crippen LogP contribution >= 0.6 is 0 Å². The summed E-state index contributed by atoms with van der Waals surface area (Å²) in [5.74, 6) is 3.20. The third kappa shape index (κ3) is 6.23. The van der Waals surface area contributed by atoms with Crippen molar-refractivity contribution in [2.75, 3.05) is 26.3 Å². The van der Waals surface area contributed by atoms with Crippen LogP contribution in [0.1, 0.15) is 18.4 Å². The molecule has 0 aliphatic heterocycles. The number of aliphatic hydroxyl groups excluding tert-OH is 1. The highest BCUT2D eigenvalue weighted by Crippen LogP contribution is 2.36. The van der Waals surface area contributed by atoms with Gasteiger partial charge in [-0.05, 0) is 30.9 Å². The van der Waals surface area contributed by atoms with Crippen LogP contribution in [-0.2, 0) is 18.3 Å². The number of terminal acetylenes is 1. The molecule has 34 heavy (non-hydrogen) atoms. The minimum atomic E-state index is -0.681. The van der Waals surface area contributed by atoms with Gasteiger partial charge in [0.05, 0.1) is 18.3 Å². The van der Waals surface area contributed by atoms with Crippen molar-refractivity contribution in [3.8, 4) is 35.2 Å². The number of halogens is 1. The second-order valence-corrected chi connectivity index (χ2v) is 8.66. The van der Waals surface area contributed by atoms with Crippen LogP contribution in [0.4, 0.5) is 4.39 Å². The summed E-state index contributed by atoms with van der Waals surface area (Å²) in [5, 5.41) is 15.3. The smallest absolute Gasteiger partial charge is 0.222 e. The molecule has 3 aromatic rings. The minimum absolute atomic E-state index is 0.142. The Balaban J connectivity index is 1.65. The Morgan fingerprint density at radius 1 is 1.21 bits per heavy atom. The highest BCUT2D eigenvalue weighted by molar-refractivity contribution is 5.65. The van der Waals surface area contributed by atoms with Crippen molar-refractivity contribution in [2.24, 2.45) is 13.0 Å². The zero-order chi connectivity index (χ0) is 23.9. The molecule has 1 aromatic heterocycles. The van der Waals surface area contributed by atoms with E-state index in [1.807, 2.05) is 30.3 Å². The molecule has 2 aromatic carbocycles. The first-order valence-corrected chi connectivity index (χ1v) is 11.5. The molecule has 1 unspecified atom stereocenters. The Kier molecular flexibility index (Phi) is 7.96. The maximum absolute atomic E-state index is 14.4. The lowest BCUT2D eigenvalue weighted by Crippen LogP contribution is -2.36. The summed E-state index contributed by atoms with van der Waals surface area (Å²) in [6.45, 7) is 2.09. The van der Waals surface area contributed by atoms with E-state index >= 15 is 0 Å². The fraction of sp³-hybridized carbons (Fsp3) is 0.370. The van der Waals surface area contributed by atoms with Crippen molar-refractivity contribution in [3.05, 3.63) is 66.0 Å². The average Bonchev–Trinajstić information content (AvgIpc) is 3.60. The molecule has 0 saturated heterocycles. The average molecular weight is 464 g/mol. The Morgan fingerprint density at radius 2 is 1.94 bits per heavy atom. The van der Waals surface area contributed by atoms with E-state index in [1.54, 1.807) is 29.9 Å². The lowest BCUT2D eigenvalue weighted by molar-refractivity contribution is 0.0250. The Labute approximate surface area is 199 Å². The van der Waals surface area contributed by atoms with Crippen LogP contribution in [0.3, 0.4) is 0 Å². The molecule has 7 heteroatoms. The van der Waals surface area contributed by atoms with Gasteiger partial charge in [-0.3, -0.25) is 4.90 Å². The topological polar surface area (TPSA) is 59.8 Å². The number of para-hydroxylation sites is 1. The molecule has 1 heterocycles. The van der Waals surface area contributed by atoms with Gasteiger partial charge in [-0.25, -0.2) is 9.07 Å². The van der Waals surface area contributed by atoms with E-state index in [0.717, 1.165) is 23.4 Å². The molecule has 0 bridgehead atoms. The van der Waals surface area contributed by atoms with Gasteiger partial charge < -0.3 is 14.6 Å². The van der Waals surface area contributed by atoms with Gasteiger partial charge in [0.25, 0.3) is 0 Å². The number of aromatic nitrogens is 2. The van der Waals surface area contributed by atoms with Crippen LogP contribution in [0.2, 0.25) is 0 Å². The van der Waals surface area contributed by atoms with Crippen LogP contribution in [0.25, 0.3) is 11.3 Å². The van der Waals surface area contributed by atoms with E-state index in [-0.39, 0.29) is 19.0 Å². The van der Waals surface area contributed by atoms with Gasteiger partial charge in [0.1, 0.15) is 12.3 Å². The molecule has 4 rings (SSSR count). The zero-order valence-corrected chi connectivity index (χ0v) is 19.4. The highest BCUT2D eigenvalue weighted by atomic mass is 19.1.